The summed E-state index contributed by atoms with van der Waals surface area (Å²) < 4.78 is 7.25. The lowest BCUT2D eigenvalue weighted by molar-refractivity contribution is -0.123. The number of aromatic nitrogens is 4. The number of nitrogens with one attached hydrogen (secondary N) is 1. The summed E-state index contributed by atoms with van der Waals surface area (Å²) in [4.78, 5) is 16.9. The third-order valence-electron chi connectivity index (χ3n) is 4.56. The molecule has 0 atom stereocenters. The van der Waals surface area contributed by atoms with Crippen LogP contribution in [0.3, 0.4) is 0 Å². The van der Waals surface area contributed by atoms with Crippen LogP contribution in [0.25, 0.3) is 5.65 Å². The average molecular weight is 337 g/mol. The Kier molecular flexibility index (Phi) is 3.83. The van der Waals surface area contributed by atoms with Gasteiger partial charge in [0.15, 0.2) is 5.82 Å². The Morgan fingerprint density at radius 2 is 2.08 bits per heavy atom. The lowest BCUT2D eigenvalue weighted by Crippen LogP contribution is -2.34. The lowest BCUT2D eigenvalue weighted by Gasteiger charge is -2.15. The molecule has 0 radical (unpaired) electrons. The van der Waals surface area contributed by atoms with E-state index in [1.165, 1.54) is 0 Å². The van der Waals surface area contributed by atoms with Gasteiger partial charge in [0.1, 0.15) is 0 Å². The van der Waals surface area contributed by atoms with Crippen LogP contribution in [0.2, 0.25) is 0 Å². The van der Waals surface area contributed by atoms with Crippen LogP contribution in [0.4, 0.5) is 0 Å². The van der Waals surface area contributed by atoms with Gasteiger partial charge in [0.05, 0.1) is 18.6 Å². The maximum absolute atomic E-state index is 12.7. The summed E-state index contributed by atoms with van der Waals surface area (Å²) in [5, 5.41) is 11.3. The van der Waals surface area contributed by atoms with Gasteiger partial charge in [-0.25, -0.2) is 4.98 Å². The molecule has 25 heavy (non-hydrogen) atoms. The Morgan fingerprint density at radius 3 is 2.80 bits per heavy atom. The number of hydrogen-bond donors (Lipinski definition) is 1. The van der Waals surface area contributed by atoms with Crippen LogP contribution in [0, 0.1) is 0 Å². The first-order chi connectivity index (χ1) is 12.2. The summed E-state index contributed by atoms with van der Waals surface area (Å²) in [6.07, 6.45) is 5.16. The normalized spacial score (nSPS) is 15.1. The zero-order valence-electron chi connectivity index (χ0n) is 14.0. The van der Waals surface area contributed by atoms with Crippen LogP contribution in [-0.2, 0) is 16.8 Å². The monoisotopic (exact) mass is 337 g/mol. The Labute approximate surface area is 145 Å². The number of ether oxygens (including phenoxy) is 1. The number of nitrogens with zero attached hydrogens (tertiary/aromatic N) is 4. The van der Waals surface area contributed by atoms with Gasteiger partial charge in [0, 0.05) is 12.4 Å². The highest BCUT2D eigenvalue weighted by Gasteiger charge is 2.51. The maximum atomic E-state index is 12.7. The summed E-state index contributed by atoms with van der Waals surface area (Å²) >= 11 is 0. The molecule has 1 saturated carbocycles. The zero-order valence-corrected chi connectivity index (χ0v) is 14.0. The summed E-state index contributed by atoms with van der Waals surface area (Å²) in [5.41, 5.74) is 1.24. The molecule has 3 aromatic rings. The molecule has 2 heterocycles. The van der Waals surface area contributed by atoms with Crippen molar-refractivity contribution >= 4 is 11.6 Å². The summed E-state index contributed by atoms with van der Waals surface area (Å²) in [5.74, 6) is 1.13. The van der Waals surface area contributed by atoms with Crippen LogP contribution >= 0.6 is 0 Å². The van der Waals surface area contributed by atoms with E-state index in [2.05, 4.69) is 20.5 Å². The van der Waals surface area contributed by atoms with E-state index in [1.807, 2.05) is 37.3 Å². The van der Waals surface area contributed by atoms with Gasteiger partial charge in [-0.3, -0.25) is 9.20 Å². The van der Waals surface area contributed by atoms with E-state index in [0.29, 0.717) is 30.5 Å². The fraction of sp³-hybridized carbons (Fsp3) is 0.333. The molecule has 7 heteroatoms. The molecule has 1 amide bonds. The van der Waals surface area contributed by atoms with E-state index in [0.717, 1.165) is 18.4 Å². The van der Waals surface area contributed by atoms with Crippen molar-refractivity contribution in [3.63, 3.8) is 0 Å². The SMILES string of the molecule is CCOc1nccn2c(CNC(=O)C3(c4ccccc4)CC3)nnc12. The fourth-order valence-corrected chi connectivity index (χ4v) is 3.07. The summed E-state index contributed by atoms with van der Waals surface area (Å²) in [6, 6.07) is 9.93. The molecular formula is C18H19N5O2. The number of hydrogen-bond acceptors (Lipinski definition) is 5. The standard InChI is InChI=1S/C18H19N5O2/c1-2-25-16-15-22-21-14(23(15)11-10-19-16)12-20-17(24)18(8-9-18)13-6-4-3-5-7-13/h3-7,10-11H,2,8-9,12H2,1H3,(H,20,24). The van der Waals surface area contributed by atoms with E-state index in [-0.39, 0.29) is 11.3 Å². The third kappa shape index (κ3) is 2.71. The Hall–Kier alpha value is -2.96. The van der Waals surface area contributed by atoms with Crippen molar-refractivity contribution in [2.45, 2.75) is 31.7 Å². The van der Waals surface area contributed by atoms with E-state index < -0.39 is 0 Å². The zero-order chi connectivity index (χ0) is 17.3. The number of carbonyl (C=O) groups is 1. The second-order valence-electron chi connectivity index (χ2n) is 6.11. The average Bonchev–Trinajstić information content (AvgIpc) is 3.36. The number of rotatable bonds is 6. The molecule has 128 valence electrons. The molecule has 4 rings (SSSR count). The number of fused-ring (bicyclic) bond motifs is 1. The maximum Gasteiger partial charge on any atom is 0.260 e. The largest absolute Gasteiger partial charge is 0.475 e. The van der Waals surface area contributed by atoms with Gasteiger partial charge in [-0.15, -0.1) is 10.2 Å². The van der Waals surface area contributed by atoms with Gasteiger partial charge in [-0.1, -0.05) is 30.3 Å². The first-order valence-electron chi connectivity index (χ1n) is 8.40. The van der Waals surface area contributed by atoms with Crippen LogP contribution < -0.4 is 10.1 Å². The molecule has 2 aromatic heterocycles. The minimum atomic E-state index is -0.389. The second-order valence-corrected chi connectivity index (χ2v) is 6.11. The Balaban J connectivity index is 1.51. The van der Waals surface area contributed by atoms with Gasteiger partial charge >= 0.3 is 0 Å². The molecule has 1 N–H and O–H groups in total. The molecule has 0 unspecified atom stereocenters. The number of benzene rings is 1. The second kappa shape index (κ2) is 6.16. The van der Waals surface area contributed by atoms with Crippen molar-refractivity contribution < 1.29 is 9.53 Å². The highest BCUT2D eigenvalue weighted by atomic mass is 16.5. The molecule has 0 aliphatic heterocycles. The Bertz CT molecular complexity index is 902. The van der Waals surface area contributed by atoms with E-state index in [4.69, 9.17) is 4.74 Å². The van der Waals surface area contributed by atoms with Gasteiger partial charge in [0.2, 0.25) is 11.6 Å². The van der Waals surface area contributed by atoms with Crippen LogP contribution in [-0.4, -0.2) is 32.1 Å². The molecule has 0 saturated heterocycles. The minimum absolute atomic E-state index is 0.0366. The molecule has 0 spiro atoms. The van der Waals surface area contributed by atoms with Gasteiger partial charge in [-0.2, -0.15) is 0 Å². The molecule has 1 aliphatic carbocycles. The molecule has 7 nitrogen and oxygen atoms in total. The van der Waals surface area contributed by atoms with Crippen molar-refractivity contribution in [3.8, 4) is 5.88 Å². The van der Waals surface area contributed by atoms with Crippen molar-refractivity contribution in [3.05, 3.63) is 54.1 Å². The van der Waals surface area contributed by atoms with E-state index in [9.17, 15) is 4.79 Å². The van der Waals surface area contributed by atoms with Crippen LogP contribution in [0.5, 0.6) is 5.88 Å². The predicted molar refractivity (Wildman–Crippen MR) is 91.2 cm³/mol. The quantitative estimate of drug-likeness (QED) is 0.743. The van der Waals surface area contributed by atoms with Crippen molar-refractivity contribution in [1.29, 1.82) is 0 Å². The van der Waals surface area contributed by atoms with Crippen molar-refractivity contribution in [2.75, 3.05) is 6.61 Å². The summed E-state index contributed by atoms with van der Waals surface area (Å²) in [7, 11) is 0. The topological polar surface area (TPSA) is 81.4 Å². The third-order valence-corrected chi connectivity index (χ3v) is 4.56. The van der Waals surface area contributed by atoms with Gasteiger partial charge in [0.25, 0.3) is 5.88 Å². The van der Waals surface area contributed by atoms with Crippen molar-refractivity contribution in [2.24, 2.45) is 0 Å². The Morgan fingerprint density at radius 1 is 1.28 bits per heavy atom. The first-order valence-corrected chi connectivity index (χ1v) is 8.40. The highest BCUT2D eigenvalue weighted by molar-refractivity contribution is 5.91. The molecule has 0 bridgehead atoms. The van der Waals surface area contributed by atoms with Crippen molar-refractivity contribution in [1.82, 2.24) is 24.9 Å². The lowest BCUT2D eigenvalue weighted by atomic mass is 9.95. The number of amides is 1. The van der Waals surface area contributed by atoms with E-state index >= 15 is 0 Å². The fourth-order valence-electron chi connectivity index (χ4n) is 3.07. The summed E-state index contributed by atoms with van der Waals surface area (Å²) in [6.45, 7) is 2.71. The molecule has 1 aliphatic rings. The minimum Gasteiger partial charge on any atom is -0.475 e. The highest BCUT2D eigenvalue weighted by Crippen LogP contribution is 2.48. The molecular weight excluding hydrogens is 318 g/mol. The molecule has 1 fully saturated rings. The van der Waals surface area contributed by atoms with E-state index in [1.54, 1.807) is 16.8 Å². The van der Waals surface area contributed by atoms with Gasteiger partial charge < -0.3 is 10.1 Å². The van der Waals surface area contributed by atoms with Gasteiger partial charge in [-0.05, 0) is 25.3 Å². The predicted octanol–water partition coefficient (Wildman–Crippen LogP) is 1.87. The van der Waals surface area contributed by atoms with Crippen LogP contribution in [0.1, 0.15) is 31.2 Å². The molecule has 1 aromatic carbocycles. The smallest absolute Gasteiger partial charge is 0.260 e. The number of carbonyl (C=O) groups excluding carboxylic acids is 1. The van der Waals surface area contributed by atoms with Crippen LogP contribution in [0.15, 0.2) is 42.7 Å². The first kappa shape index (κ1) is 15.6.